The molecule has 1 N–H and O–H groups in total. The molecule has 0 spiro atoms. The van der Waals surface area contributed by atoms with Crippen LogP contribution in [0.2, 0.25) is 0 Å². The molecule has 0 aliphatic heterocycles. The lowest BCUT2D eigenvalue weighted by Crippen LogP contribution is -2.06. The molecule has 4 heteroatoms. The molecule has 2 aromatic rings. The van der Waals surface area contributed by atoms with Gasteiger partial charge in [-0.2, -0.15) is 0 Å². The number of esters is 1. The standard InChI is InChI=1S/C16H15NO3/c1-12(18)17-15-9-7-13(8-10-15)11-20-16(19)14-5-3-2-4-6-14/h2-10H,11H2,1H3,(H,17,18). The molecular weight excluding hydrogens is 254 g/mol. The maximum absolute atomic E-state index is 11.8. The smallest absolute Gasteiger partial charge is 0.338 e. The fraction of sp³-hybridized carbons (Fsp3) is 0.125. The first-order valence-corrected chi connectivity index (χ1v) is 6.24. The molecule has 0 fully saturated rings. The van der Waals surface area contributed by atoms with Gasteiger partial charge in [-0.3, -0.25) is 4.79 Å². The van der Waals surface area contributed by atoms with Gasteiger partial charge < -0.3 is 10.1 Å². The number of nitrogens with one attached hydrogen (secondary N) is 1. The van der Waals surface area contributed by atoms with Crippen molar-refractivity contribution in [1.82, 2.24) is 0 Å². The number of carbonyl (C=O) groups excluding carboxylic acids is 2. The average Bonchev–Trinajstić information content (AvgIpc) is 2.46. The SMILES string of the molecule is CC(=O)Nc1ccc(COC(=O)c2ccccc2)cc1. The monoisotopic (exact) mass is 269 g/mol. The third-order valence-corrected chi connectivity index (χ3v) is 2.65. The summed E-state index contributed by atoms with van der Waals surface area (Å²) >= 11 is 0. The molecule has 0 aliphatic rings. The molecule has 0 bridgehead atoms. The zero-order chi connectivity index (χ0) is 14.4. The third kappa shape index (κ3) is 3.95. The highest BCUT2D eigenvalue weighted by Gasteiger charge is 2.06. The first kappa shape index (κ1) is 13.8. The Morgan fingerprint density at radius 1 is 1.00 bits per heavy atom. The lowest BCUT2D eigenvalue weighted by Gasteiger charge is -2.06. The molecule has 2 rings (SSSR count). The topological polar surface area (TPSA) is 55.4 Å². The van der Waals surface area contributed by atoms with E-state index in [2.05, 4.69) is 5.32 Å². The fourth-order valence-electron chi connectivity index (χ4n) is 1.69. The number of ether oxygens (including phenoxy) is 1. The van der Waals surface area contributed by atoms with Crippen LogP contribution in [0.4, 0.5) is 5.69 Å². The Balaban J connectivity index is 1.91. The summed E-state index contributed by atoms with van der Waals surface area (Å²) in [4.78, 5) is 22.6. The van der Waals surface area contributed by atoms with E-state index in [1.807, 2.05) is 18.2 Å². The van der Waals surface area contributed by atoms with Gasteiger partial charge in [-0.25, -0.2) is 4.79 Å². The van der Waals surface area contributed by atoms with Crippen molar-refractivity contribution in [3.05, 3.63) is 65.7 Å². The van der Waals surface area contributed by atoms with E-state index in [0.29, 0.717) is 5.56 Å². The maximum atomic E-state index is 11.8. The van der Waals surface area contributed by atoms with Gasteiger partial charge in [0.15, 0.2) is 0 Å². The third-order valence-electron chi connectivity index (χ3n) is 2.65. The van der Waals surface area contributed by atoms with Crippen molar-refractivity contribution in [3.8, 4) is 0 Å². The van der Waals surface area contributed by atoms with Crippen LogP contribution in [-0.2, 0) is 16.1 Å². The Bertz CT molecular complexity index is 591. The number of hydrogen-bond donors (Lipinski definition) is 1. The summed E-state index contributed by atoms with van der Waals surface area (Å²) in [6, 6.07) is 16.0. The number of benzene rings is 2. The first-order valence-electron chi connectivity index (χ1n) is 6.24. The van der Waals surface area contributed by atoms with Crippen molar-refractivity contribution in [2.75, 3.05) is 5.32 Å². The predicted octanol–water partition coefficient (Wildman–Crippen LogP) is 3.00. The number of carbonyl (C=O) groups is 2. The van der Waals surface area contributed by atoms with Gasteiger partial charge in [-0.1, -0.05) is 30.3 Å². The Morgan fingerprint density at radius 3 is 2.25 bits per heavy atom. The fourth-order valence-corrected chi connectivity index (χ4v) is 1.69. The van der Waals surface area contributed by atoms with Gasteiger partial charge in [0.25, 0.3) is 0 Å². The molecule has 0 saturated carbocycles. The van der Waals surface area contributed by atoms with Crippen molar-refractivity contribution < 1.29 is 14.3 Å². The van der Waals surface area contributed by atoms with Gasteiger partial charge in [0.2, 0.25) is 5.91 Å². The van der Waals surface area contributed by atoms with Gasteiger partial charge in [0.05, 0.1) is 5.56 Å². The summed E-state index contributed by atoms with van der Waals surface area (Å²) < 4.78 is 5.21. The molecule has 102 valence electrons. The highest BCUT2D eigenvalue weighted by molar-refractivity contribution is 5.89. The Kier molecular flexibility index (Phi) is 4.50. The lowest BCUT2D eigenvalue weighted by molar-refractivity contribution is -0.114. The summed E-state index contributed by atoms with van der Waals surface area (Å²) in [5.41, 5.74) is 2.11. The van der Waals surface area contributed by atoms with E-state index in [4.69, 9.17) is 4.74 Å². The molecule has 0 heterocycles. The van der Waals surface area contributed by atoms with Crippen LogP contribution in [0.25, 0.3) is 0 Å². The van der Waals surface area contributed by atoms with Crippen LogP contribution in [0, 0.1) is 0 Å². The van der Waals surface area contributed by atoms with Crippen molar-refractivity contribution in [2.24, 2.45) is 0 Å². The van der Waals surface area contributed by atoms with E-state index in [0.717, 1.165) is 11.3 Å². The van der Waals surface area contributed by atoms with Crippen LogP contribution in [0.5, 0.6) is 0 Å². The summed E-state index contributed by atoms with van der Waals surface area (Å²) in [7, 11) is 0. The normalized spacial score (nSPS) is 9.85. The molecule has 0 aliphatic carbocycles. The molecule has 0 unspecified atom stereocenters. The second kappa shape index (κ2) is 6.52. The Morgan fingerprint density at radius 2 is 1.65 bits per heavy atom. The summed E-state index contributed by atoms with van der Waals surface area (Å²) in [6.07, 6.45) is 0. The van der Waals surface area contributed by atoms with Crippen LogP contribution in [0.15, 0.2) is 54.6 Å². The van der Waals surface area contributed by atoms with E-state index in [-0.39, 0.29) is 18.5 Å². The predicted molar refractivity (Wildman–Crippen MR) is 76.3 cm³/mol. The lowest BCUT2D eigenvalue weighted by atomic mass is 10.2. The maximum Gasteiger partial charge on any atom is 0.338 e. The van der Waals surface area contributed by atoms with Crippen LogP contribution >= 0.6 is 0 Å². The highest BCUT2D eigenvalue weighted by atomic mass is 16.5. The van der Waals surface area contributed by atoms with Gasteiger partial charge in [0.1, 0.15) is 6.61 Å². The number of anilines is 1. The van der Waals surface area contributed by atoms with Gasteiger partial charge in [-0.15, -0.1) is 0 Å². The molecule has 0 atom stereocenters. The van der Waals surface area contributed by atoms with Crippen LogP contribution in [0.1, 0.15) is 22.8 Å². The molecule has 20 heavy (non-hydrogen) atoms. The van der Waals surface area contributed by atoms with E-state index >= 15 is 0 Å². The molecule has 4 nitrogen and oxygen atoms in total. The molecular formula is C16H15NO3. The summed E-state index contributed by atoms with van der Waals surface area (Å²) in [6.45, 7) is 1.66. The van der Waals surface area contributed by atoms with Crippen molar-refractivity contribution in [1.29, 1.82) is 0 Å². The first-order chi connectivity index (χ1) is 9.65. The van der Waals surface area contributed by atoms with Crippen LogP contribution in [-0.4, -0.2) is 11.9 Å². The second-order valence-corrected chi connectivity index (χ2v) is 4.32. The van der Waals surface area contributed by atoms with E-state index < -0.39 is 0 Å². The van der Waals surface area contributed by atoms with Gasteiger partial charge in [-0.05, 0) is 29.8 Å². The van der Waals surface area contributed by atoms with E-state index in [9.17, 15) is 9.59 Å². The summed E-state index contributed by atoms with van der Waals surface area (Å²) in [5, 5.41) is 2.68. The second-order valence-electron chi connectivity index (χ2n) is 4.32. The molecule has 2 aromatic carbocycles. The number of amides is 1. The minimum Gasteiger partial charge on any atom is -0.457 e. The summed E-state index contributed by atoms with van der Waals surface area (Å²) in [5.74, 6) is -0.468. The number of hydrogen-bond acceptors (Lipinski definition) is 3. The zero-order valence-electron chi connectivity index (χ0n) is 11.1. The van der Waals surface area contributed by atoms with Crippen LogP contribution in [0.3, 0.4) is 0 Å². The van der Waals surface area contributed by atoms with E-state index in [1.54, 1.807) is 36.4 Å². The van der Waals surface area contributed by atoms with Gasteiger partial charge >= 0.3 is 5.97 Å². The van der Waals surface area contributed by atoms with Crippen LogP contribution < -0.4 is 5.32 Å². The minimum absolute atomic E-state index is 0.117. The molecule has 0 aromatic heterocycles. The quantitative estimate of drug-likeness (QED) is 0.868. The number of rotatable bonds is 4. The van der Waals surface area contributed by atoms with Crippen molar-refractivity contribution >= 4 is 17.6 Å². The molecule has 0 radical (unpaired) electrons. The minimum atomic E-state index is -0.350. The van der Waals surface area contributed by atoms with Gasteiger partial charge in [0, 0.05) is 12.6 Å². The molecule has 1 amide bonds. The zero-order valence-corrected chi connectivity index (χ0v) is 11.1. The Hall–Kier alpha value is -2.62. The largest absolute Gasteiger partial charge is 0.457 e. The average molecular weight is 269 g/mol. The van der Waals surface area contributed by atoms with Crippen molar-refractivity contribution in [3.63, 3.8) is 0 Å². The van der Waals surface area contributed by atoms with Crippen molar-refractivity contribution in [2.45, 2.75) is 13.5 Å². The highest BCUT2D eigenvalue weighted by Crippen LogP contribution is 2.11. The molecule has 0 saturated heterocycles. The van der Waals surface area contributed by atoms with E-state index in [1.165, 1.54) is 6.92 Å². The Labute approximate surface area is 117 Å².